The molecule has 210 valence electrons. The average molecular weight is 534 g/mol. The van der Waals surface area contributed by atoms with Crippen molar-refractivity contribution in [3.8, 4) is 0 Å². The van der Waals surface area contributed by atoms with E-state index in [1.807, 2.05) is 0 Å². The van der Waals surface area contributed by atoms with Gasteiger partial charge in [-0.05, 0) is 13.3 Å². The third kappa shape index (κ3) is 11.1. The molecule has 0 spiro atoms. The molecule has 0 unspecified atom stereocenters. The molecule has 1 rings (SSSR count). The van der Waals surface area contributed by atoms with Gasteiger partial charge in [-0.2, -0.15) is 0 Å². The lowest BCUT2D eigenvalue weighted by Gasteiger charge is -2.38. The predicted octanol–water partition coefficient (Wildman–Crippen LogP) is 0.414. The van der Waals surface area contributed by atoms with Crippen LogP contribution >= 0.6 is 0 Å². The largest absolute Gasteiger partial charge is 0.462 e. The Bertz CT molecular complexity index is 842. The highest BCUT2D eigenvalue weighted by molar-refractivity contribution is 5.88. The standard InChI is InChI=1S/C23H35NO13/c1-7-31-20-10-18(24-37-20)17(8-9-25)21(34-14(4)28)23(36-16(6)30)22(35-15(5)29)19(33-13(3)27)11-32-12(2)26/h17,19-23,25H,7-11H2,1-6H3/t17-,19+,20+,21-,22-,23+/m0/s1. The molecular formula is C23H35NO13. The molecule has 1 heterocycles. The minimum atomic E-state index is -1.60. The highest BCUT2D eigenvalue weighted by Crippen LogP contribution is 2.30. The first kappa shape index (κ1) is 31.8. The number of ether oxygens (including phenoxy) is 6. The van der Waals surface area contributed by atoms with Crippen molar-refractivity contribution in [2.75, 3.05) is 19.8 Å². The van der Waals surface area contributed by atoms with Crippen LogP contribution in [0.25, 0.3) is 0 Å². The minimum absolute atomic E-state index is 0.0360. The Labute approximate surface area is 214 Å². The van der Waals surface area contributed by atoms with Gasteiger partial charge in [-0.3, -0.25) is 24.0 Å². The summed E-state index contributed by atoms with van der Waals surface area (Å²) >= 11 is 0. The van der Waals surface area contributed by atoms with Gasteiger partial charge in [0.1, 0.15) is 6.61 Å². The van der Waals surface area contributed by atoms with Crippen LogP contribution in [0.3, 0.4) is 0 Å². The molecule has 14 heteroatoms. The predicted molar refractivity (Wildman–Crippen MR) is 123 cm³/mol. The van der Waals surface area contributed by atoms with Crippen molar-refractivity contribution in [3.05, 3.63) is 0 Å². The first-order valence-corrected chi connectivity index (χ1v) is 11.7. The maximum absolute atomic E-state index is 12.2. The number of carbonyl (C=O) groups is 5. The van der Waals surface area contributed by atoms with Crippen molar-refractivity contribution in [1.82, 2.24) is 0 Å². The van der Waals surface area contributed by atoms with Crippen LogP contribution < -0.4 is 0 Å². The minimum Gasteiger partial charge on any atom is -0.462 e. The summed E-state index contributed by atoms with van der Waals surface area (Å²) in [6.07, 6.45) is -6.67. The molecule has 0 aromatic carbocycles. The first-order chi connectivity index (χ1) is 17.4. The van der Waals surface area contributed by atoms with E-state index in [0.29, 0.717) is 12.3 Å². The van der Waals surface area contributed by atoms with E-state index in [1.54, 1.807) is 6.92 Å². The highest BCUT2D eigenvalue weighted by atomic mass is 16.8. The fraction of sp³-hybridized carbons (Fsp3) is 0.739. The fourth-order valence-electron chi connectivity index (χ4n) is 3.76. The van der Waals surface area contributed by atoms with Crippen molar-refractivity contribution in [2.45, 2.75) is 85.1 Å². The zero-order valence-corrected chi connectivity index (χ0v) is 21.8. The molecule has 0 fully saturated rings. The molecule has 6 atom stereocenters. The van der Waals surface area contributed by atoms with E-state index in [2.05, 4.69) is 5.16 Å². The maximum atomic E-state index is 12.2. The van der Waals surface area contributed by atoms with Gasteiger partial charge in [0.2, 0.25) is 6.29 Å². The summed E-state index contributed by atoms with van der Waals surface area (Å²) in [5.41, 5.74) is 0.321. The lowest BCUT2D eigenvalue weighted by Crippen LogP contribution is -2.56. The van der Waals surface area contributed by atoms with Crippen LogP contribution in [0.15, 0.2) is 5.16 Å². The molecule has 0 bridgehead atoms. The Morgan fingerprint density at radius 2 is 1.41 bits per heavy atom. The van der Waals surface area contributed by atoms with Crippen molar-refractivity contribution in [1.29, 1.82) is 0 Å². The van der Waals surface area contributed by atoms with E-state index in [0.717, 1.165) is 34.6 Å². The first-order valence-electron chi connectivity index (χ1n) is 11.7. The summed E-state index contributed by atoms with van der Waals surface area (Å²) in [6.45, 7) is 6.53. The molecule has 0 saturated carbocycles. The monoisotopic (exact) mass is 533 g/mol. The second-order valence-corrected chi connectivity index (χ2v) is 8.07. The van der Waals surface area contributed by atoms with Gasteiger partial charge in [-0.1, -0.05) is 5.16 Å². The number of oxime groups is 1. The Kier molecular flexibility index (Phi) is 13.5. The van der Waals surface area contributed by atoms with E-state index >= 15 is 0 Å². The Balaban J connectivity index is 3.62. The molecule has 1 aliphatic heterocycles. The number of carbonyl (C=O) groups excluding carboxylic acids is 5. The van der Waals surface area contributed by atoms with Gasteiger partial charge in [0.05, 0.1) is 12.1 Å². The Morgan fingerprint density at radius 3 is 1.89 bits per heavy atom. The van der Waals surface area contributed by atoms with E-state index in [4.69, 9.17) is 33.3 Å². The highest BCUT2D eigenvalue weighted by Gasteiger charge is 2.48. The van der Waals surface area contributed by atoms with E-state index in [9.17, 15) is 29.1 Å². The summed E-state index contributed by atoms with van der Waals surface area (Å²) in [5, 5.41) is 13.8. The third-order valence-corrected chi connectivity index (χ3v) is 4.97. The number of hydrogen-bond donors (Lipinski definition) is 1. The molecule has 0 radical (unpaired) electrons. The molecule has 0 saturated heterocycles. The molecule has 14 nitrogen and oxygen atoms in total. The SMILES string of the molecule is CCO[C@H]1CC([C@H](CCO)[C@H](OC(C)=O)[C@@H](OC(C)=O)[C@@H](OC(C)=O)[C@@H](COC(C)=O)OC(C)=O)=NO1. The van der Waals surface area contributed by atoms with E-state index in [1.165, 1.54) is 0 Å². The van der Waals surface area contributed by atoms with Crippen LogP contribution in [0.2, 0.25) is 0 Å². The summed E-state index contributed by atoms with van der Waals surface area (Å²) in [5.74, 6) is -4.96. The smallest absolute Gasteiger partial charge is 0.303 e. The quantitative estimate of drug-likeness (QED) is 0.226. The molecule has 37 heavy (non-hydrogen) atoms. The topological polar surface area (TPSA) is 183 Å². The normalized spacial score (nSPS) is 18.7. The van der Waals surface area contributed by atoms with Gasteiger partial charge in [0, 0.05) is 53.8 Å². The van der Waals surface area contributed by atoms with Crippen LogP contribution in [-0.2, 0) is 57.2 Å². The van der Waals surface area contributed by atoms with Crippen LogP contribution in [0.5, 0.6) is 0 Å². The lowest BCUT2D eigenvalue weighted by molar-refractivity contribution is -0.205. The van der Waals surface area contributed by atoms with Crippen molar-refractivity contribution in [3.63, 3.8) is 0 Å². The molecule has 0 amide bonds. The number of rotatable bonds is 15. The molecule has 0 aliphatic carbocycles. The maximum Gasteiger partial charge on any atom is 0.303 e. The number of aliphatic hydroxyl groups excluding tert-OH is 1. The van der Waals surface area contributed by atoms with E-state index in [-0.39, 0.29) is 12.8 Å². The molecule has 0 aromatic heterocycles. The zero-order chi connectivity index (χ0) is 28.1. The number of aliphatic hydroxyl groups is 1. The van der Waals surface area contributed by atoms with Crippen LogP contribution in [0.1, 0.15) is 54.4 Å². The second-order valence-electron chi connectivity index (χ2n) is 8.07. The number of esters is 5. The fourth-order valence-corrected chi connectivity index (χ4v) is 3.76. The summed E-state index contributed by atoms with van der Waals surface area (Å²) in [4.78, 5) is 65.0. The average Bonchev–Trinajstić information content (AvgIpc) is 3.24. The summed E-state index contributed by atoms with van der Waals surface area (Å²) in [6, 6.07) is 0. The van der Waals surface area contributed by atoms with Crippen LogP contribution in [-0.4, -0.2) is 91.2 Å². The van der Waals surface area contributed by atoms with E-state index < -0.39 is 79.7 Å². The second kappa shape index (κ2) is 15.8. The van der Waals surface area contributed by atoms with Crippen LogP contribution in [0, 0.1) is 5.92 Å². The van der Waals surface area contributed by atoms with Gasteiger partial charge < -0.3 is 38.4 Å². The van der Waals surface area contributed by atoms with Gasteiger partial charge >= 0.3 is 29.8 Å². The van der Waals surface area contributed by atoms with Crippen molar-refractivity contribution in [2.24, 2.45) is 11.1 Å². The third-order valence-electron chi connectivity index (χ3n) is 4.97. The molecular weight excluding hydrogens is 498 g/mol. The Hall–Kier alpha value is -3.26. The summed E-state index contributed by atoms with van der Waals surface area (Å²) in [7, 11) is 0. The molecule has 0 aromatic rings. The number of hydrogen-bond acceptors (Lipinski definition) is 14. The zero-order valence-electron chi connectivity index (χ0n) is 21.8. The lowest BCUT2D eigenvalue weighted by atomic mass is 9.85. The molecule has 1 aliphatic rings. The van der Waals surface area contributed by atoms with Crippen molar-refractivity contribution >= 4 is 35.6 Å². The van der Waals surface area contributed by atoms with Crippen LogP contribution in [0.4, 0.5) is 0 Å². The van der Waals surface area contributed by atoms with Gasteiger partial charge in [-0.15, -0.1) is 0 Å². The van der Waals surface area contributed by atoms with Gasteiger partial charge in [-0.25, -0.2) is 0 Å². The van der Waals surface area contributed by atoms with Gasteiger partial charge in [0.25, 0.3) is 0 Å². The molecule has 1 N–H and O–H groups in total. The summed E-state index contributed by atoms with van der Waals surface area (Å²) < 4.78 is 32.0. The van der Waals surface area contributed by atoms with Crippen molar-refractivity contribution < 1.29 is 62.3 Å². The van der Waals surface area contributed by atoms with Gasteiger partial charge in [0.15, 0.2) is 24.4 Å². The Morgan fingerprint density at radius 1 is 0.865 bits per heavy atom. The number of nitrogens with zero attached hydrogens (tertiary/aromatic N) is 1.